The van der Waals surface area contributed by atoms with E-state index in [0.717, 1.165) is 38.0 Å². The SMILES string of the molecule is O=C(Nc1ccn(-c2ccccc2)n1)[C@@]12CCCC[C@H]1CNC2. The maximum absolute atomic E-state index is 12.9. The summed E-state index contributed by atoms with van der Waals surface area (Å²) in [5, 5.41) is 11.0. The predicted molar refractivity (Wildman–Crippen MR) is 89.5 cm³/mol. The average Bonchev–Trinajstić information content (AvgIpc) is 3.23. The van der Waals surface area contributed by atoms with Crippen molar-refractivity contribution >= 4 is 11.7 Å². The van der Waals surface area contributed by atoms with Crippen molar-refractivity contribution in [2.24, 2.45) is 11.3 Å². The van der Waals surface area contributed by atoms with Crippen molar-refractivity contribution < 1.29 is 4.79 Å². The van der Waals surface area contributed by atoms with Gasteiger partial charge in [-0.05, 0) is 37.4 Å². The number of hydrogen-bond acceptors (Lipinski definition) is 3. The standard InChI is InChI=1S/C18H22N4O/c23-17(18-10-5-4-6-14(18)12-19-13-18)20-16-9-11-22(21-16)15-7-2-1-3-8-15/h1-3,7-9,11,14,19H,4-6,10,12-13H2,(H,20,21,23)/t14-,18+/m0/s1. The second-order valence-corrected chi connectivity index (χ2v) is 6.66. The van der Waals surface area contributed by atoms with Crippen LogP contribution in [0.4, 0.5) is 5.82 Å². The smallest absolute Gasteiger partial charge is 0.233 e. The minimum Gasteiger partial charge on any atom is -0.315 e. The molecule has 1 aliphatic carbocycles. The van der Waals surface area contributed by atoms with E-state index in [2.05, 4.69) is 15.7 Å². The van der Waals surface area contributed by atoms with Crippen molar-refractivity contribution in [3.05, 3.63) is 42.6 Å². The Morgan fingerprint density at radius 3 is 3.00 bits per heavy atom. The van der Waals surface area contributed by atoms with E-state index < -0.39 is 0 Å². The van der Waals surface area contributed by atoms with Crippen LogP contribution in [0.5, 0.6) is 0 Å². The maximum atomic E-state index is 12.9. The van der Waals surface area contributed by atoms with Gasteiger partial charge in [-0.15, -0.1) is 0 Å². The van der Waals surface area contributed by atoms with E-state index in [4.69, 9.17) is 0 Å². The van der Waals surface area contributed by atoms with Crippen LogP contribution in [0.25, 0.3) is 5.69 Å². The van der Waals surface area contributed by atoms with Gasteiger partial charge in [0.2, 0.25) is 5.91 Å². The van der Waals surface area contributed by atoms with E-state index in [9.17, 15) is 4.79 Å². The number of aromatic nitrogens is 2. The first-order chi connectivity index (χ1) is 11.3. The summed E-state index contributed by atoms with van der Waals surface area (Å²) >= 11 is 0. The van der Waals surface area contributed by atoms with Crippen molar-refractivity contribution in [1.82, 2.24) is 15.1 Å². The van der Waals surface area contributed by atoms with Gasteiger partial charge in [-0.3, -0.25) is 4.79 Å². The number of carbonyl (C=O) groups is 1. The van der Waals surface area contributed by atoms with E-state index in [1.54, 1.807) is 4.68 Å². The normalized spacial score (nSPS) is 26.7. The topological polar surface area (TPSA) is 59.0 Å². The summed E-state index contributed by atoms with van der Waals surface area (Å²) in [6.45, 7) is 1.76. The minimum absolute atomic E-state index is 0.130. The number of carbonyl (C=O) groups excluding carboxylic acids is 1. The highest BCUT2D eigenvalue weighted by molar-refractivity contribution is 5.95. The minimum atomic E-state index is -0.241. The number of hydrogen-bond donors (Lipinski definition) is 2. The molecule has 2 aliphatic rings. The molecule has 0 spiro atoms. The Balaban J connectivity index is 1.52. The number of anilines is 1. The number of nitrogens with zero attached hydrogens (tertiary/aromatic N) is 2. The van der Waals surface area contributed by atoms with Crippen LogP contribution in [0.2, 0.25) is 0 Å². The van der Waals surface area contributed by atoms with E-state index in [0.29, 0.717) is 11.7 Å². The molecule has 5 heteroatoms. The van der Waals surface area contributed by atoms with Crippen LogP contribution in [0.3, 0.4) is 0 Å². The molecule has 1 saturated carbocycles. The molecule has 1 saturated heterocycles. The fourth-order valence-corrected chi connectivity index (χ4v) is 4.05. The molecule has 5 nitrogen and oxygen atoms in total. The molecule has 2 fully saturated rings. The van der Waals surface area contributed by atoms with Crippen LogP contribution in [-0.4, -0.2) is 28.8 Å². The third-order valence-electron chi connectivity index (χ3n) is 5.34. The highest BCUT2D eigenvalue weighted by Crippen LogP contribution is 2.44. The van der Waals surface area contributed by atoms with E-state index in [-0.39, 0.29) is 11.3 Å². The average molecular weight is 310 g/mol. The molecule has 2 N–H and O–H groups in total. The van der Waals surface area contributed by atoms with Crippen LogP contribution in [0.15, 0.2) is 42.6 Å². The van der Waals surface area contributed by atoms with Gasteiger partial charge in [0.05, 0.1) is 11.1 Å². The Labute approximate surface area is 136 Å². The molecule has 120 valence electrons. The Kier molecular flexibility index (Phi) is 3.65. The Morgan fingerprint density at radius 2 is 2.13 bits per heavy atom. The number of benzene rings is 1. The van der Waals surface area contributed by atoms with Gasteiger partial charge in [0, 0.05) is 18.8 Å². The molecule has 0 bridgehead atoms. The summed E-state index contributed by atoms with van der Waals surface area (Å²) in [4.78, 5) is 12.9. The molecular weight excluding hydrogens is 288 g/mol. The van der Waals surface area contributed by atoms with Crippen LogP contribution in [-0.2, 0) is 4.79 Å². The lowest BCUT2D eigenvalue weighted by atomic mass is 9.67. The summed E-state index contributed by atoms with van der Waals surface area (Å²) in [6, 6.07) is 11.8. The van der Waals surface area contributed by atoms with Gasteiger partial charge >= 0.3 is 0 Å². The fraction of sp³-hybridized carbons (Fsp3) is 0.444. The fourth-order valence-electron chi connectivity index (χ4n) is 4.05. The molecule has 23 heavy (non-hydrogen) atoms. The van der Waals surface area contributed by atoms with Gasteiger partial charge < -0.3 is 10.6 Å². The summed E-state index contributed by atoms with van der Waals surface area (Å²) in [5.74, 6) is 1.22. The van der Waals surface area contributed by atoms with Crippen molar-refractivity contribution in [3.63, 3.8) is 0 Å². The molecular formula is C18H22N4O. The van der Waals surface area contributed by atoms with E-state index in [1.165, 1.54) is 6.42 Å². The van der Waals surface area contributed by atoms with E-state index in [1.807, 2.05) is 42.6 Å². The second-order valence-electron chi connectivity index (χ2n) is 6.66. The molecule has 0 unspecified atom stereocenters. The van der Waals surface area contributed by atoms with Crippen molar-refractivity contribution in [2.45, 2.75) is 25.7 Å². The van der Waals surface area contributed by atoms with Gasteiger partial charge in [0.1, 0.15) is 0 Å². The number of fused-ring (bicyclic) bond motifs is 1. The summed E-state index contributed by atoms with van der Waals surface area (Å²) in [7, 11) is 0. The summed E-state index contributed by atoms with van der Waals surface area (Å²) in [5.41, 5.74) is 0.749. The van der Waals surface area contributed by atoms with Crippen LogP contribution in [0, 0.1) is 11.3 Å². The maximum Gasteiger partial charge on any atom is 0.233 e. The van der Waals surface area contributed by atoms with Gasteiger partial charge in [0.15, 0.2) is 5.82 Å². The van der Waals surface area contributed by atoms with Gasteiger partial charge in [-0.25, -0.2) is 4.68 Å². The van der Waals surface area contributed by atoms with Crippen LogP contribution in [0.1, 0.15) is 25.7 Å². The summed E-state index contributed by atoms with van der Waals surface area (Å²) < 4.78 is 1.79. The second kappa shape index (κ2) is 5.81. The number of nitrogens with one attached hydrogen (secondary N) is 2. The molecule has 0 radical (unpaired) electrons. The Morgan fingerprint density at radius 1 is 1.26 bits per heavy atom. The number of amides is 1. The van der Waals surface area contributed by atoms with Crippen LogP contribution >= 0.6 is 0 Å². The lowest BCUT2D eigenvalue weighted by molar-refractivity contribution is -0.128. The van der Waals surface area contributed by atoms with Crippen molar-refractivity contribution in [2.75, 3.05) is 18.4 Å². The first-order valence-electron chi connectivity index (χ1n) is 8.41. The molecule has 2 aromatic rings. The number of para-hydroxylation sites is 1. The molecule has 2 atom stereocenters. The Bertz CT molecular complexity index is 696. The molecule has 1 aromatic heterocycles. The van der Waals surface area contributed by atoms with E-state index >= 15 is 0 Å². The molecule has 1 aromatic carbocycles. The zero-order chi connectivity index (χ0) is 15.7. The lowest BCUT2D eigenvalue weighted by Crippen LogP contribution is -2.44. The predicted octanol–water partition coefficient (Wildman–Crippen LogP) is 2.59. The highest BCUT2D eigenvalue weighted by atomic mass is 16.2. The van der Waals surface area contributed by atoms with Gasteiger partial charge in [-0.2, -0.15) is 5.10 Å². The molecule has 2 heterocycles. The quantitative estimate of drug-likeness (QED) is 0.916. The molecule has 1 amide bonds. The molecule has 1 aliphatic heterocycles. The van der Waals surface area contributed by atoms with Crippen molar-refractivity contribution in [3.8, 4) is 5.69 Å². The first-order valence-corrected chi connectivity index (χ1v) is 8.41. The molecule has 4 rings (SSSR count). The zero-order valence-corrected chi connectivity index (χ0v) is 13.2. The third kappa shape index (κ3) is 2.55. The van der Waals surface area contributed by atoms with Crippen LogP contribution < -0.4 is 10.6 Å². The van der Waals surface area contributed by atoms with Gasteiger partial charge in [0.25, 0.3) is 0 Å². The first kappa shape index (κ1) is 14.5. The largest absolute Gasteiger partial charge is 0.315 e. The highest BCUT2D eigenvalue weighted by Gasteiger charge is 2.49. The monoisotopic (exact) mass is 310 g/mol. The zero-order valence-electron chi connectivity index (χ0n) is 13.2. The number of rotatable bonds is 3. The Hall–Kier alpha value is -2.14. The van der Waals surface area contributed by atoms with Gasteiger partial charge in [-0.1, -0.05) is 31.0 Å². The lowest BCUT2D eigenvalue weighted by Gasteiger charge is -2.36. The third-order valence-corrected chi connectivity index (χ3v) is 5.34. The summed E-state index contributed by atoms with van der Waals surface area (Å²) in [6.07, 6.45) is 6.40. The van der Waals surface area contributed by atoms with Crippen molar-refractivity contribution in [1.29, 1.82) is 0 Å².